The Hall–Kier alpha value is -4.08. The number of nitrogens with one attached hydrogen (secondary N) is 2. The quantitative estimate of drug-likeness (QED) is 0.586. The van der Waals surface area contributed by atoms with Crippen LogP contribution in [0.5, 0.6) is 11.5 Å². The van der Waals surface area contributed by atoms with E-state index < -0.39 is 0 Å². The van der Waals surface area contributed by atoms with Crippen LogP contribution in [-0.2, 0) is 16.0 Å². The van der Waals surface area contributed by atoms with Gasteiger partial charge in [0.15, 0.2) is 0 Å². The molecular formula is C25H29N5O5. The summed E-state index contributed by atoms with van der Waals surface area (Å²) in [5, 5.41) is 5.65. The molecule has 35 heavy (non-hydrogen) atoms. The lowest BCUT2D eigenvalue weighted by Crippen LogP contribution is -2.43. The van der Waals surface area contributed by atoms with Gasteiger partial charge in [-0.3, -0.25) is 14.4 Å². The topological polar surface area (TPSA) is 114 Å². The van der Waals surface area contributed by atoms with Gasteiger partial charge in [0, 0.05) is 31.5 Å². The Morgan fingerprint density at radius 3 is 2.89 bits per heavy atom. The van der Waals surface area contributed by atoms with E-state index in [1.807, 2.05) is 29.7 Å². The lowest BCUT2D eigenvalue weighted by Gasteiger charge is -2.23. The van der Waals surface area contributed by atoms with Gasteiger partial charge in [-0.2, -0.15) is 0 Å². The maximum Gasteiger partial charge on any atom is 0.255 e. The van der Waals surface area contributed by atoms with E-state index >= 15 is 0 Å². The van der Waals surface area contributed by atoms with Crippen molar-refractivity contribution in [2.24, 2.45) is 0 Å². The molecule has 0 aliphatic carbocycles. The SMILES string of the molecule is COc1ccc2c(c1)OCCNC(=O)CN(C(=O)Cc1cnc3c(C)cccn13)CCCNC2=O. The number of ether oxygens (including phenoxy) is 2. The van der Waals surface area contributed by atoms with Gasteiger partial charge in [0.05, 0.1) is 37.9 Å². The fraction of sp³-hybridized carbons (Fsp3) is 0.360. The first-order chi connectivity index (χ1) is 17.0. The van der Waals surface area contributed by atoms with Crippen molar-refractivity contribution >= 4 is 23.4 Å². The predicted octanol–water partition coefficient (Wildman–Crippen LogP) is 1.35. The second-order valence-corrected chi connectivity index (χ2v) is 8.30. The van der Waals surface area contributed by atoms with Crippen LogP contribution in [0.3, 0.4) is 0 Å². The largest absolute Gasteiger partial charge is 0.497 e. The van der Waals surface area contributed by atoms with Crippen molar-refractivity contribution in [1.82, 2.24) is 24.9 Å². The van der Waals surface area contributed by atoms with Crippen molar-refractivity contribution < 1.29 is 23.9 Å². The number of fused-ring (bicyclic) bond motifs is 2. The van der Waals surface area contributed by atoms with Gasteiger partial charge in [-0.1, -0.05) is 6.07 Å². The highest BCUT2D eigenvalue weighted by molar-refractivity contribution is 5.97. The number of methoxy groups -OCH3 is 1. The van der Waals surface area contributed by atoms with Crippen molar-refractivity contribution in [3.05, 3.63) is 59.5 Å². The van der Waals surface area contributed by atoms with E-state index in [1.165, 1.54) is 12.0 Å². The summed E-state index contributed by atoms with van der Waals surface area (Å²) in [5.74, 6) is 0.214. The van der Waals surface area contributed by atoms with Gasteiger partial charge in [-0.25, -0.2) is 4.98 Å². The average molecular weight is 480 g/mol. The summed E-state index contributed by atoms with van der Waals surface area (Å²) in [6, 6.07) is 8.85. The van der Waals surface area contributed by atoms with Gasteiger partial charge in [0.2, 0.25) is 11.8 Å². The minimum absolute atomic E-state index is 0.0764. The highest BCUT2D eigenvalue weighted by Crippen LogP contribution is 2.25. The third kappa shape index (κ3) is 5.71. The third-order valence-electron chi connectivity index (χ3n) is 5.83. The van der Waals surface area contributed by atoms with E-state index in [4.69, 9.17) is 9.47 Å². The van der Waals surface area contributed by atoms with Crippen molar-refractivity contribution in [3.63, 3.8) is 0 Å². The minimum Gasteiger partial charge on any atom is -0.497 e. The smallest absolute Gasteiger partial charge is 0.255 e. The summed E-state index contributed by atoms with van der Waals surface area (Å²) in [4.78, 5) is 44.4. The molecule has 1 aromatic carbocycles. The number of nitrogens with zero attached hydrogens (tertiary/aromatic N) is 3. The molecular weight excluding hydrogens is 450 g/mol. The Bertz CT molecular complexity index is 1240. The normalized spacial score (nSPS) is 15.4. The maximum absolute atomic E-state index is 13.1. The van der Waals surface area contributed by atoms with Crippen LogP contribution in [0.25, 0.3) is 5.65 Å². The Labute approximate surface area is 203 Å². The number of rotatable bonds is 3. The molecule has 0 fully saturated rings. The lowest BCUT2D eigenvalue weighted by atomic mass is 10.1. The number of carbonyl (C=O) groups is 3. The fourth-order valence-corrected chi connectivity index (χ4v) is 3.98. The van der Waals surface area contributed by atoms with Crippen LogP contribution in [0.4, 0.5) is 0 Å². The number of amides is 3. The maximum atomic E-state index is 13.1. The number of aromatic nitrogens is 2. The van der Waals surface area contributed by atoms with Crippen LogP contribution in [0.2, 0.25) is 0 Å². The van der Waals surface area contributed by atoms with Gasteiger partial charge in [-0.15, -0.1) is 0 Å². The number of benzene rings is 1. The van der Waals surface area contributed by atoms with E-state index in [9.17, 15) is 14.4 Å². The number of pyridine rings is 1. The Kier molecular flexibility index (Phi) is 7.49. The van der Waals surface area contributed by atoms with Crippen LogP contribution in [0.1, 0.15) is 28.0 Å². The van der Waals surface area contributed by atoms with Crippen LogP contribution < -0.4 is 20.1 Å². The van der Waals surface area contributed by atoms with E-state index in [2.05, 4.69) is 15.6 Å². The Balaban J connectivity index is 1.46. The lowest BCUT2D eigenvalue weighted by molar-refractivity contribution is -0.135. The zero-order valence-electron chi connectivity index (χ0n) is 19.9. The first-order valence-corrected chi connectivity index (χ1v) is 11.5. The molecule has 3 aromatic rings. The molecule has 0 radical (unpaired) electrons. The standard InChI is InChI=1S/C25H29N5O5/c1-17-5-3-11-30-18(15-28-24(17)30)13-23(32)29-10-4-8-27-25(33)20-7-6-19(34-2)14-21(20)35-12-9-26-22(31)16-29/h3,5-7,11,14-15H,4,8-10,12-13,16H2,1-2H3,(H,26,31)(H,27,33). The third-order valence-corrected chi connectivity index (χ3v) is 5.83. The first kappa shape index (κ1) is 24.1. The molecule has 4 rings (SSSR count). The van der Waals surface area contributed by atoms with Gasteiger partial charge < -0.3 is 29.4 Å². The zero-order valence-corrected chi connectivity index (χ0v) is 19.9. The summed E-state index contributed by atoms with van der Waals surface area (Å²) in [7, 11) is 1.54. The van der Waals surface area contributed by atoms with Crippen molar-refractivity contribution in [2.75, 3.05) is 39.9 Å². The molecule has 2 N–H and O–H groups in total. The number of hydrogen-bond acceptors (Lipinski definition) is 6. The van der Waals surface area contributed by atoms with Crippen LogP contribution in [-0.4, -0.2) is 71.9 Å². The van der Waals surface area contributed by atoms with E-state index in [0.29, 0.717) is 36.6 Å². The second-order valence-electron chi connectivity index (χ2n) is 8.30. The van der Waals surface area contributed by atoms with Gasteiger partial charge >= 0.3 is 0 Å². The van der Waals surface area contributed by atoms with Crippen molar-refractivity contribution in [3.8, 4) is 11.5 Å². The number of carbonyl (C=O) groups excluding carboxylic acids is 3. The molecule has 10 nitrogen and oxygen atoms in total. The minimum atomic E-state index is -0.275. The molecule has 2 aromatic heterocycles. The molecule has 10 heteroatoms. The number of hydrogen-bond donors (Lipinski definition) is 2. The Morgan fingerprint density at radius 2 is 2.06 bits per heavy atom. The van der Waals surface area contributed by atoms with Crippen molar-refractivity contribution in [1.29, 1.82) is 0 Å². The predicted molar refractivity (Wildman–Crippen MR) is 129 cm³/mol. The van der Waals surface area contributed by atoms with Crippen LogP contribution >= 0.6 is 0 Å². The first-order valence-electron chi connectivity index (χ1n) is 11.5. The molecule has 0 saturated carbocycles. The molecule has 0 spiro atoms. The molecule has 1 aliphatic rings. The molecule has 0 bridgehead atoms. The summed E-state index contributed by atoms with van der Waals surface area (Å²) in [6.45, 7) is 2.94. The summed E-state index contributed by atoms with van der Waals surface area (Å²) < 4.78 is 12.9. The fourth-order valence-electron chi connectivity index (χ4n) is 3.98. The van der Waals surface area contributed by atoms with E-state index in [0.717, 1.165) is 16.9 Å². The summed E-state index contributed by atoms with van der Waals surface area (Å²) >= 11 is 0. The van der Waals surface area contributed by atoms with Gasteiger partial charge in [0.25, 0.3) is 5.91 Å². The summed E-state index contributed by atoms with van der Waals surface area (Å²) in [5.41, 5.74) is 2.95. The van der Waals surface area contributed by atoms with Gasteiger partial charge in [-0.05, 0) is 37.1 Å². The molecule has 0 atom stereocenters. The van der Waals surface area contributed by atoms with E-state index in [1.54, 1.807) is 24.4 Å². The molecule has 184 valence electrons. The average Bonchev–Trinajstić information content (AvgIpc) is 3.26. The Morgan fingerprint density at radius 1 is 1.20 bits per heavy atom. The molecule has 1 aliphatic heterocycles. The molecule has 3 amide bonds. The highest BCUT2D eigenvalue weighted by Gasteiger charge is 2.20. The number of aryl methyl sites for hydroxylation is 1. The van der Waals surface area contributed by atoms with Crippen LogP contribution in [0, 0.1) is 6.92 Å². The highest BCUT2D eigenvalue weighted by atomic mass is 16.5. The monoisotopic (exact) mass is 479 g/mol. The molecule has 0 saturated heterocycles. The second kappa shape index (κ2) is 10.9. The zero-order chi connectivity index (χ0) is 24.8. The molecule has 0 unspecified atom stereocenters. The van der Waals surface area contributed by atoms with Gasteiger partial charge in [0.1, 0.15) is 23.8 Å². The molecule has 3 heterocycles. The van der Waals surface area contributed by atoms with Crippen LogP contribution in [0.15, 0.2) is 42.7 Å². The number of imidazole rings is 1. The van der Waals surface area contributed by atoms with Crippen molar-refractivity contribution in [2.45, 2.75) is 19.8 Å². The van der Waals surface area contributed by atoms with E-state index in [-0.39, 0.29) is 43.8 Å². The summed E-state index contributed by atoms with van der Waals surface area (Å²) in [6.07, 6.45) is 4.16.